The molecule has 2 heterocycles. The molecule has 1 fully saturated rings. The Morgan fingerprint density at radius 2 is 1.96 bits per heavy atom. The van der Waals surface area contributed by atoms with Crippen molar-refractivity contribution < 1.29 is 4.74 Å². The fourth-order valence-corrected chi connectivity index (χ4v) is 2.58. The molecule has 1 aliphatic rings. The van der Waals surface area contributed by atoms with Crippen LogP contribution >= 0.6 is 11.6 Å². The number of nitrogens with zero attached hydrogens (tertiary/aromatic N) is 3. The zero-order valence-electron chi connectivity index (χ0n) is 15.6. The summed E-state index contributed by atoms with van der Waals surface area (Å²) in [5, 5.41) is 7.11. The lowest BCUT2D eigenvalue weighted by Gasteiger charge is -2.11. The van der Waals surface area contributed by atoms with Crippen LogP contribution in [0.2, 0.25) is 5.15 Å². The van der Waals surface area contributed by atoms with E-state index in [1.54, 1.807) is 12.3 Å². The standard InChI is InChI=1S/C20H26ClN5O/c1-2-22-20(23-10-9-15-5-7-18(21)24-11-15)26-13-17-6-8-19(25-12-17)27-14-16-3-4-16/h5-8,11-12,16H,2-4,9-10,13-14H2,1H3,(H2,22,23,26). The molecule has 0 bridgehead atoms. The molecule has 0 saturated heterocycles. The monoisotopic (exact) mass is 387 g/mol. The Hall–Kier alpha value is -2.34. The average molecular weight is 388 g/mol. The van der Waals surface area contributed by atoms with E-state index in [2.05, 4.69) is 25.6 Å². The molecule has 0 radical (unpaired) electrons. The highest BCUT2D eigenvalue weighted by Crippen LogP contribution is 2.29. The van der Waals surface area contributed by atoms with Gasteiger partial charge in [-0.1, -0.05) is 23.7 Å². The molecule has 0 spiro atoms. The molecule has 6 nitrogen and oxygen atoms in total. The number of aromatic nitrogens is 2. The molecule has 0 aromatic carbocycles. The van der Waals surface area contributed by atoms with Crippen molar-refractivity contribution in [2.75, 3.05) is 19.7 Å². The second kappa shape index (κ2) is 10.1. The number of ether oxygens (including phenoxy) is 1. The Morgan fingerprint density at radius 1 is 1.15 bits per heavy atom. The molecule has 0 atom stereocenters. The summed E-state index contributed by atoms with van der Waals surface area (Å²) < 4.78 is 5.67. The molecular weight excluding hydrogens is 362 g/mol. The summed E-state index contributed by atoms with van der Waals surface area (Å²) in [6, 6.07) is 7.73. The number of guanidine groups is 1. The molecule has 2 N–H and O–H groups in total. The second-order valence-electron chi connectivity index (χ2n) is 6.62. The van der Waals surface area contributed by atoms with Gasteiger partial charge >= 0.3 is 0 Å². The van der Waals surface area contributed by atoms with Crippen molar-refractivity contribution in [1.82, 2.24) is 20.6 Å². The number of nitrogens with one attached hydrogen (secondary N) is 2. The van der Waals surface area contributed by atoms with Gasteiger partial charge in [-0.3, -0.25) is 0 Å². The zero-order valence-corrected chi connectivity index (χ0v) is 16.4. The van der Waals surface area contributed by atoms with Gasteiger partial charge in [0.25, 0.3) is 0 Å². The Morgan fingerprint density at radius 3 is 2.63 bits per heavy atom. The van der Waals surface area contributed by atoms with E-state index in [-0.39, 0.29) is 0 Å². The number of aliphatic imine (C=N–C) groups is 1. The van der Waals surface area contributed by atoms with Crippen molar-refractivity contribution in [2.24, 2.45) is 10.9 Å². The SMILES string of the molecule is CCNC(=NCc1ccc(OCC2CC2)nc1)NCCc1ccc(Cl)nc1. The summed E-state index contributed by atoms with van der Waals surface area (Å²) >= 11 is 5.81. The fourth-order valence-electron chi connectivity index (χ4n) is 2.47. The van der Waals surface area contributed by atoms with Gasteiger partial charge in [0.2, 0.25) is 5.88 Å². The Kier molecular flexibility index (Phi) is 7.27. The summed E-state index contributed by atoms with van der Waals surface area (Å²) in [5.74, 6) is 2.21. The molecule has 0 aliphatic heterocycles. The molecule has 144 valence electrons. The van der Waals surface area contributed by atoms with Crippen LogP contribution in [0.1, 0.15) is 30.9 Å². The molecule has 27 heavy (non-hydrogen) atoms. The maximum absolute atomic E-state index is 5.81. The van der Waals surface area contributed by atoms with Crippen molar-refractivity contribution in [3.63, 3.8) is 0 Å². The van der Waals surface area contributed by atoms with Crippen molar-refractivity contribution in [3.8, 4) is 5.88 Å². The smallest absolute Gasteiger partial charge is 0.213 e. The van der Waals surface area contributed by atoms with E-state index in [9.17, 15) is 0 Å². The first kappa shape index (κ1) is 19.4. The predicted molar refractivity (Wildman–Crippen MR) is 108 cm³/mol. The van der Waals surface area contributed by atoms with Gasteiger partial charge in [0.15, 0.2) is 5.96 Å². The van der Waals surface area contributed by atoms with Crippen LogP contribution in [0.3, 0.4) is 0 Å². The summed E-state index contributed by atoms with van der Waals surface area (Å²) in [6.07, 6.45) is 7.04. The first-order chi connectivity index (χ1) is 13.2. The minimum absolute atomic E-state index is 0.513. The first-order valence-corrected chi connectivity index (χ1v) is 9.81. The summed E-state index contributed by atoms with van der Waals surface area (Å²) in [6.45, 7) is 4.96. The van der Waals surface area contributed by atoms with Crippen LogP contribution in [0.4, 0.5) is 0 Å². The summed E-state index contributed by atoms with van der Waals surface area (Å²) in [4.78, 5) is 13.1. The third kappa shape index (κ3) is 7.06. The van der Waals surface area contributed by atoms with Crippen molar-refractivity contribution in [1.29, 1.82) is 0 Å². The number of hydrogen-bond donors (Lipinski definition) is 2. The van der Waals surface area contributed by atoms with Crippen LogP contribution in [0.5, 0.6) is 5.88 Å². The predicted octanol–water partition coefficient (Wildman–Crippen LogP) is 3.22. The second-order valence-corrected chi connectivity index (χ2v) is 7.01. The van der Waals surface area contributed by atoms with E-state index >= 15 is 0 Å². The van der Waals surface area contributed by atoms with Gasteiger partial charge < -0.3 is 15.4 Å². The quantitative estimate of drug-likeness (QED) is 0.392. The highest BCUT2D eigenvalue weighted by molar-refractivity contribution is 6.29. The van der Waals surface area contributed by atoms with E-state index in [1.807, 2.05) is 31.3 Å². The third-order valence-corrected chi connectivity index (χ3v) is 4.44. The molecule has 2 aromatic rings. The van der Waals surface area contributed by atoms with Crippen LogP contribution in [0, 0.1) is 5.92 Å². The Balaban J connectivity index is 1.46. The Labute approximate surface area is 165 Å². The van der Waals surface area contributed by atoms with Gasteiger partial charge in [-0.2, -0.15) is 0 Å². The average Bonchev–Trinajstić information content (AvgIpc) is 3.51. The van der Waals surface area contributed by atoms with E-state index in [4.69, 9.17) is 16.3 Å². The maximum atomic E-state index is 5.81. The lowest BCUT2D eigenvalue weighted by molar-refractivity contribution is 0.288. The fraction of sp³-hybridized carbons (Fsp3) is 0.450. The topological polar surface area (TPSA) is 71.4 Å². The third-order valence-electron chi connectivity index (χ3n) is 4.22. The number of pyridine rings is 2. The molecule has 0 amide bonds. The normalized spacial score (nSPS) is 14.1. The molecule has 7 heteroatoms. The van der Waals surface area contributed by atoms with Crippen molar-refractivity contribution >= 4 is 17.6 Å². The molecule has 1 aliphatic carbocycles. The van der Waals surface area contributed by atoms with E-state index in [0.717, 1.165) is 49.1 Å². The number of halogens is 1. The minimum Gasteiger partial charge on any atom is -0.477 e. The van der Waals surface area contributed by atoms with Crippen molar-refractivity contribution in [2.45, 2.75) is 32.7 Å². The van der Waals surface area contributed by atoms with Gasteiger partial charge in [0, 0.05) is 31.5 Å². The molecule has 0 unspecified atom stereocenters. The van der Waals surface area contributed by atoms with Gasteiger partial charge in [-0.25, -0.2) is 15.0 Å². The highest BCUT2D eigenvalue weighted by atomic mass is 35.5. The van der Waals surface area contributed by atoms with Gasteiger partial charge in [-0.05, 0) is 49.3 Å². The van der Waals surface area contributed by atoms with Crippen LogP contribution in [0.15, 0.2) is 41.7 Å². The van der Waals surface area contributed by atoms with Crippen molar-refractivity contribution in [3.05, 3.63) is 52.9 Å². The molecule has 1 saturated carbocycles. The van der Waals surface area contributed by atoms with E-state index < -0.39 is 0 Å². The Bertz CT molecular complexity index is 729. The molecular formula is C20H26ClN5O. The first-order valence-electron chi connectivity index (χ1n) is 9.43. The summed E-state index contributed by atoms with van der Waals surface area (Å²) in [7, 11) is 0. The largest absolute Gasteiger partial charge is 0.477 e. The van der Waals surface area contributed by atoms with Gasteiger partial charge in [0.1, 0.15) is 5.15 Å². The maximum Gasteiger partial charge on any atom is 0.213 e. The van der Waals surface area contributed by atoms with Crippen LogP contribution in [-0.4, -0.2) is 35.6 Å². The van der Waals surface area contributed by atoms with Gasteiger partial charge in [0.05, 0.1) is 13.2 Å². The molecule has 2 aromatic heterocycles. The summed E-state index contributed by atoms with van der Waals surface area (Å²) in [5.41, 5.74) is 2.18. The molecule has 3 rings (SSSR count). The minimum atomic E-state index is 0.513. The van der Waals surface area contributed by atoms with E-state index in [1.165, 1.54) is 12.8 Å². The lowest BCUT2D eigenvalue weighted by Crippen LogP contribution is -2.38. The number of hydrogen-bond acceptors (Lipinski definition) is 4. The lowest BCUT2D eigenvalue weighted by atomic mass is 10.2. The van der Waals surface area contributed by atoms with Crippen LogP contribution < -0.4 is 15.4 Å². The highest BCUT2D eigenvalue weighted by Gasteiger charge is 2.21. The van der Waals surface area contributed by atoms with Crippen LogP contribution in [0.25, 0.3) is 0 Å². The zero-order chi connectivity index (χ0) is 18.9. The van der Waals surface area contributed by atoms with Crippen LogP contribution in [-0.2, 0) is 13.0 Å². The van der Waals surface area contributed by atoms with Gasteiger partial charge in [-0.15, -0.1) is 0 Å². The number of rotatable bonds is 9. The van der Waals surface area contributed by atoms with E-state index in [0.29, 0.717) is 17.6 Å².